The van der Waals surface area contributed by atoms with Crippen LogP contribution >= 0.6 is 0 Å². The maximum Gasteiger partial charge on any atom is 0.255 e. The van der Waals surface area contributed by atoms with Gasteiger partial charge in [0.05, 0.1) is 12.1 Å². The molecule has 0 saturated heterocycles. The molecule has 0 radical (unpaired) electrons. The van der Waals surface area contributed by atoms with E-state index < -0.39 is 0 Å². The predicted molar refractivity (Wildman–Crippen MR) is 94.8 cm³/mol. The Labute approximate surface area is 143 Å². The molecule has 1 heterocycles. The van der Waals surface area contributed by atoms with Crippen LogP contribution < -0.4 is 5.32 Å². The number of para-hydroxylation sites is 1. The molecular formula is C19H24N4O. The highest BCUT2D eigenvalue weighted by Crippen LogP contribution is 2.25. The van der Waals surface area contributed by atoms with Crippen LogP contribution in [0.5, 0.6) is 0 Å². The zero-order valence-electron chi connectivity index (χ0n) is 14.1. The molecule has 0 atom stereocenters. The van der Waals surface area contributed by atoms with Gasteiger partial charge in [-0.05, 0) is 31.0 Å². The Kier molecular flexibility index (Phi) is 5.41. The van der Waals surface area contributed by atoms with Gasteiger partial charge in [-0.15, -0.1) is 0 Å². The van der Waals surface area contributed by atoms with Crippen LogP contribution in [0.3, 0.4) is 0 Å². The summed E-state index contributed by atoms with van der Waals surface area (Å²) in [6.07, 6.45) is 9.37. The van der Waals surface area contributed by atoms with Gasteiger partial charge in [-0.25, -0.2) is 9.97 Å². The second kappa shape index (κ2) is 7.90. The number of amides is 1. The summed E-state index contributed by atoms with van der Waals surface area (Å²) < 4.78 is 0. The molecule has 1 N–H and O–H groups in total. The third kappa shape index (κ3) is 3.91. The summed E-state index contributed by atoms with van der Waals surface area (Å²) in [6, 6.07) is 9.82. The zero-order valence-corrected chi connectivity index (χ0v) is 14.1. The van der Waals surface area contributed by atoms with Crippen molar-refractivity contribution in [2.75, 3.05) is 12.4 Å². The van der Waals surface area contributed by atoms with Gasteiger partial charge in [0.15, 0.2) is 0 Å². The highest BCUT2D eigenvalue weighted by atomic mass is 16.2. The molecule has 3 rings (SSSR count). The largest absolute Gasteiger partial charge is 0.377 e. The summed E-state index contributed by atoms with van der Waals surface area (Å²) in [5, 5.41) is 3.30. The van der Waals surface area contributed by atoms with E-state index in [9.17, 15) is 4.79 Å². The molecule has 0 aliphatic heterocycles. The molecule has 0 bridgehead atoms. The standard InChI is InChI=1S/C19H24N4O/c1-23(15-8-3-2-4-9-15)19(24)16-10-5-6-11-17(16)22-14-18-20-12-7-13-21-18/h5-7,10-13,15,22H,2-4,8-9,14H2,1H3. The van der Waals surface area contributed by atoms with Gasteiger partial charge in [-0.3, -0.25) is 4.79 Å². The Bertz CT molecular complexity index is 668. The van der Waals surface area contributed by atoms with Gasteiger partial charge >= 0.3 is 0 Å². The van der Waals surface area contributed by atoms with E-state index in [1.54, 1.807) is 18.5 Å². The van der Waals surface area contributed by atoms with Gasteiger partial charge < -0.3 is 10.2 Å². The molecular weight excluding hydrogens is 300 g/mol. The average molecular weight is 324 g/mol. The fourth-order valence-electron chi connectivity index (χ4n) is 3.24. The fraction of sp³-hybridized carbons (Fsp3) is 0.421. The summed E-state index contributed by atoms with van der Waals surface area (Å²) in [5.41, 5.74) is 1.54. The zero-order chi connectivity index (χ0) is 16.8. The molecule has 0 spiro atoms. The van der Waals surface area contributed by atoms with Crippen LogP contribution in [0.1, 0.15) is 48.3 Å². The Hall–Kier alpha value is -2.43. The SMILES string of the molecule is CN(C(=O)c1ccccc1NCc1ncccn1)C1CCCCC1. The van der Waals surface area contributed by atoms with Crippen molar-refractivity contribution in [3.05, 3.63) is 54.1 Å². The second-order valence-corrected chi connectivity index (χ2v) is 6.27. The van der Waals surface area contributed by atoms with Crippen molar-refractivity contribution in [1.82, 2.24) is 14.9 Å². The van der Waals surface area contributed by atoms with Gasteiger partial charge in [0, 0.05) is 31.2 Å². The van der Waals surface area contributed by atoms with E-state index >= 15 is 0 Å². The van der Waals surface area contributed by atoms with Crippen molar-refractivity contribution in [1.29, 1.82) is 0 Å². The molecule has 1 aliphatic carbocycles. The number of nitrogens with zero attached hydrogens (tertiary/aromatic N) is 3. The van der Waals surface area contributed by atoms with E-state index in [1.165, 1.54) is 19.3 Å². The quantitative estimate of drug-likeness (QED) is 0.914. The first-order valence-corrected chi connectivity index (χ1v) is 8.61. The minimum atomic E-state index is 0.0824. The average Bonchev–Trinajstić information content (AvgIpc) is 2.67. The Morgan fingerprint density at radius 1 is 1.12 bits per heavy atom. The van der Waals surface area contributed by atoms with Crippen molar-refractivity contribution in [3.63, 3.8) is 0 Å². The van der Waals surface area contributed by atoms with E-state index in [4.69, 9.17) is 0 Å². The molecule has 1 aliphatic rings. The minimum Gasteiger partial charge on any atom is -0.377 e. The van der Waals surface area contributed by atoms with Crippen LogP contribution in [0.25, 0.3) is 0 Å². The second-order valence-electron chi connectivity index (χ2n) is 6.27. The van der Waals surface area contributed by atoms with E-state index in [0.29, 0.717) is 24.0 Å². The number of anilines is 1. The van der Waals surface area contributed by atoms with Gasteiger partial charge in [-0.2, -0.15) is 0 Å². The topological polar surface area (TPSA) is 58.1 Å². The molecule has 5 nitrogen and oxygen atoms in total. The van der Waals surface area contributed by atoms with Crippen molar-refractivity contribution in [2.24, 2.45) is 0 Å². The van der Waals surface area contributed by atoms with E-state index in [0.717, 1.165) is 18.5 Å². The summed E-state index contributed by atoms with van der Waals surface area (Å²) >= 11 is 0. The highest BCUT2D eigenvalue weighted by Gasteiger charge is 2.24. The first-order valence-electron chi connectivity index (χ1n) is 8.61. The minimum absolute atomic E-state index is 0.0824. The van der Waals surface area contributed by atoms with Crippen LogP contribution in [0, 0.1) is 0 Å². The van der Waals surface area contributed by atoms with E-state index in [-0.39, 0.29) is 5.91 Å². The molecule has 1 amide bonds. The van der Waals surface area contributed by atoms with E-state index in [1.807, 2.05) is 36.2 Å². The van der Waals surface area contributed by atoms with Crippen LogP contribution in [0.2, 0.25) is 0 Å². The first kappa shape index (κ1) is 16.4. The third-order valence-corrected chi connectivity index (χ3v) is 4.66. The fourth-order valence-corrected chi connectivity index (χ4v) is 3.24. The van der Waals surface area contributed by atoms with Gasteiger partial charge in [0.2, 0.25) is 0 Å². The number of carbonyl (C=O) groups excluding carboxylic acids is 1. The number of benzene rings is 1. The van der Waals surface area contributed by atoms with Crippen molar-refractivity contribution in [3.8, 4) is 0 Å². The highest BCUT2D eigenvalue weighted by molar-refractivity contribution is 5.99. The van der Waals surface area contributed by atoms with Crippen LogP contribution in [-0.2, 0) is 6.54 Å². The molecule has 24 heavy (non-hydrogen) atoms. The van der Waals surface area contributed by atoms with Crippen LogP contribution in [0.4, 0.5) is 5.69 Å². The number of carbonyl (C=O) groups is 1. The summed E-state index contributed by atoms with van der Waals surface area (Å²) in [7, 11) is 1.93. The monoisotopic (exact) mass is 324 g/mol. The summed E-state index contributed by atoms with van der Waals surface area (Å²) in [6.45, 7) is 0.498. The lowest BCUT2D eigenvalue weighted by atomic mass is 9.94. The summed E-state index contributed by atoms with van der Waals surface area (Å²) in [4.78, 5) is 23.3. The van der Waals surface area contributed by atoms with E-state index in [2.05, 4.69) is 15.3 Å². The van der Waals surface area contributed by atoms with Gasteiger partial charge in [0.1, 0.15) is 5.82 Å². The smallest absolute Gasteiger partial charge is 0.255 e. The maximum atomic E-state index is 12.9. The normalized spacial score (nSPS) is 15.0. The summed E-state index contributed by atoms with van der Waals surface area (Å²) in [5.74, 6) is 0.791. The Morgan fingerprint density at radius 3 is 2.58 bits per heavy atom. The maximum absolute atomic E-state index is 12.9. The third-order valence-electron chi connectivity index (χ3n) is 4.66. The lowest BCUT2D eigenvalue weighted by Gasteiger charge is -2.31. The predicted octanol–water partition coefficient (Wildman–Crippen LogP) is 3.49. The van der Waals surface area contributed by atoms with Gasteiger partial charge in [-0.1, -0.05) is 31.4 Å². The van der Waals surface area contributed by atoms with Crippen molar-refractivity contribution >= 4 is 11.6 Å². The Morgan fingerprint density at radius 2 is 1.83 bits per heavy atom. The molecule has 1 aromatic heterocycles. The van der Waals surface area contributed by atoms with Gasteiger partial charge in [0.25, 0.3) is 5.91 Å². The lowest BCUT2D eigenvalue weighted by Crippen LogP contribution is -2.38. The van der Waals surface area contributed by atoms with Crippen LogP contribution in [0.15, 0.2) is 42.7 Å². The molecule has 2 aromatic rings. The molecule has 1 saturated carbocycles. The first-order chi connectivity index (χ1) is 11.8. The molecule has 1 aromatic carbocycles. The Balaban J connectivity index is 1.71. The molecule has 1 fully saturated rings. The number of nitrogens with one attached hydrogen (secondary N) is 1. The number of hydrogen-bond acceptors (Lipinski definition) is 4. The number of hydrogen-bond donors (Lipinski definition) is 1. The molecule has 0 unspecified atom stereocenters. The molecule has 126 valence electrons. The van der Waals surface area contributed by atoms with Crippen LogP contribution in [-0.4, -0.2) is 33.9 Å². The molecule has 5 heteroatoms. The lowest BCUT2D eigenvalue weighted by molar-refractivity contribution is 0.0697. The van der Waals surface area contributed by atoms with Crippen molar-refractivity contribution in [2.45, 2.75) is 44.7 Å². The number of aromatic nitrogens is 2. The number of rotatable bonds is 5. The van der Waals surface area contributed by atoms with Crippen molar-refractivity contribution < 1.29 is 4.79 Å².